The lowest BCUT2D eigenvalue weighted by atomic mass is 9.94. The Bertz CT molecular complexity index is 3140. The standard InChI is InChI=1S/C56H48N6/c57-33-43-44(34-58)54(60-47-27-11-3-19-37(47)38-20-4-12-28-48(38)60)56(62-51-31-15-7-23-41(51)42-24-8-16-32-52(42)62)55(61-49-29-13-5-21-39(49)40-22-6-14-30-50(40)61)53(43)59-45-25-9-1-17-35(45)36-18-2-10-26-46(36)59/h5,9-13,15-16,21,25-29,31-32H,1-4,6-8,14,17-20,22-24,30H2. The number of allylic oxidation sites excluding steroid dienone is 6. The number of benzene rings is 2. The van der Waals surface area contributed by atoms with Gasteiger partial charge < -0.3 is 18.3 Å². The van der Waals surface area contributed by atoms with Crippen molar-refractivity contribution < 1.29 is 0 Å². The number of nitriles is 2. The molecule has 0 spiro atoms. The first-order chi connectivity index (χ1) is 30.8. The number of hydrogen-bond acceptors (Lipinski definition) is 2. The van der Waals surface area contributed by atoms with E-state index in [4.69, 9.17) is 0 Å². The first-order valence-corrected chi connectivity index (χ1v) is 23.2. The normalized spacial score (nSPS) is 17.5. The molecule has 0 N–H and O–H groups in total. The summed E-state index contributed by atoms with van der Waals surface area (Å²) in [6.45, 7) is 0. The van der Waals surface area contributed by atoms with Crippen molar-refractivity contribution in [3.63, 3.8) is 0 Å². The van der Waals surface area contributed by atoms with Gasteiger partial charge in [0.15, 0.2) is 0 Å². The third kappa shape index (κ3) is 4.84. The lowest BCUT2D eigenvalue weighted by molar-refractivity contribution is 0.665. The summed E-state index contributed by atoms with van der Waals surface area (Å²) < 4.78 is 10.00. The number of aromatic nitrogens is 4. The number of rotatable bonds is 4. The van der Waals surface area contributed by atoms with Crippen LogP contribution in [0.2, 0.25) is 0 Å². The summed E-state index contributed by atoms with van der Waals surface area (Å²) >= 11 is 0. The average Bonchev–Trinajstić information content (AvgIpc) is 4.06. The molecule has 0 radical (unpaired) electrons. The summed E-state index contributed by atoms with van der Waals surface area (Å²) in [6.07, 6.45) is 44.0. The van der Waals surface area contributed by atoms with E-state index >= 15 is 0 Å². The van der Waals surface area contributed by atoms with Crippen LogP contribution < -0.4 is 0 Å². The minimum atomic E-state index is 0.441. The quantitative estimate of drug-likeness (QED) is 0.178. The van der Waals surface area contributed by atoms with Crippen LogP contribution in [-0.4, -0.2) is 18.3 Å². The SMILES string of the molecule is N#Cc1c(C#N)c(-n2c3c(c4c2C=CCC4)CCC=C3)c(-n2c3c(c4ccccc42)CCCC3)c(-n2c3c(c4c2C=CCC4)CCC=C3)c1-n1c2c(c3c1C=CCC3)CCC=C2. The predicted octanol–water partition coefficient (Wildman–Crippen LogP) is 12.4. The molecular weight excluding hydrogens is 757 g/mol. The van der Waals surface area contributed by atoms with Gasteiger partial charge in [-0.3, -0.25) is 0 Å². The fraction of sp³-hybridized carbons (Fsp3) is 0.286. The fourth-order valence-electron chi connectivity index (χ4n) is 12.6. The highest BCUT2D eigenvalue weighted by Crippen LogP contribution is 2.50. The Hall–Kier alpha value is -6.76. The van der Waals surface area contributed by atoms with E-state index in [2.05, 4.69) is 128 Å². The molecule has 0 unspecified atom stereocenters. The molecule has 0 fully saturated rings. The van der Waals surface area contributed by atoms with Crippen LogP contribution in [-0.2, 0) is 51.4 Å². The monoisotopic (exact) mass is 804 g/mol. The predicted molar refractivity (Wildman–Crippen MR) is 251 cm³/mol. The van der Waals surface area contributed by atoms with Gasteiger partial charge in [-0.05, 0) is 184 Å². The second kappa shape index (κ2) is 13.9. The Balaban J connectivity index is 1.34. The van der Waals surface area contributed by atoms with E-state index < -0.39 is 0 Å². The van der Waals surface area contributed by atoms with Gasteiger partial charge in [0.1, 0.15) is 12.1 Å². The first kappa shape index (κ1) is 35.9. The van der Waals surface area contributed by atoms with E-state index in [1.807, 2.05) is 0 Å². The highest BCUT2D eigenvalue weighted by Gasteiger charge is 2.39. The topological polar surface area (TPSA) is 67.3 Å². The molecule has 7 aliphatic carbocycles. The van der Waals surface area contributed by atoms with Gasteiger partial charge in [0, 0.05) is 45.2 Å². The van der Waals surface area contributed by atoms with Gasteiger partial charge in [0.05, 0.1) is 39.4 Å². The molecule has 13 rings (SSSR count). The maximum absolute atomic E-state index is 12.0. The third-order valence-electron chi connectivity index (χ3n) is 15.1. The van der Waals surface area contributed by atoms with Crippen LogP contribution in [0.15, 0.2) is 60.7 Å². The van der Waals surface area contributed by atoms with Gasteiger partial charge >= 0.3 is 0 Å². The smallest absolute Gasteiger partial charge is 0.103 e. The molecule has 4 aromatic heterocycles. The molecule has 0 saturated heterocycles. The lowest BCUT2D eigenvalue weighted by Gasteiger charge is -2.30. The largest absolute Gasteiger partial charge is 0.309 e. The summed E-state index contributed by atoms with van der Waals surface area (Å²) in [5.74, 6) is 0. The van der Waals surface area contributed by atoms with Crippen LogP contribution in [0.4, 0.5) is 0 Å². The molecule has 6 nitrogen and oxygen atoms in total. The van der Waals surface area contributed by atoms with Crippen molar-refractivity contribution >= 4 is 47.4 Å². The van der Waals surface area contributed by atoms with Crippen molar-refractivity contribution in [2.75, 3.05) is 0 Å². The number of nitrogens with zero attached hydrogens (tertiary/aromatic N) is 6. The molecule has 0 bridgehead atoms. The van der Waals surface area contributed by atoms with Crippen molar-refractivity contribution in [2.45, 2.75) is 103 Å². The molecule has 0 saturated carbocycles. The molecule has 6 aromatic rings. The third-order valence-corrected chi connectivity index (χ3v) is 15.1. The highest BCUT2D eigenvalue weighted by molar-refractivity contribution is 5.95. The molecule has 302 valence electrons. The van der Waals surface area contributed by atoms with Gasteiger partial charge in [0.2, 0.25) is 0 Å². The Morgan fingerprint density at radius 1 is 0.371 bits per heavy atom. The maximum atomic E-state index is 12.0. The van der Waals surface area contributed by atoms with Crippen molar-refractivity contribution in [1.29, 1.82) is 10.5 Å². The van der Waals surface area contributed by atoms with Gasteiger partial charge in [-0.15, -0.1) is 0 Å². The molecule has 62 heavy (non-hydrogen) atoms. The fourth-order valence-corrected chi connectivity index (χ4v) is 12.6. The molecule has 4 heterocycles. The molecule has 6 heteroatoms. The highest BCUT2D eigenvalue weighted by atomic mass is 15.2. The number of fused-ring (bicyclic) bond motifs is 12. The van der Waals surface area contributed by atoms with Gasteiger partial charge in [-0.25, -0.2) is 0 Å². The van der Waals surface area contributed by atoms with Crippen molar-refractivity contribution in [3.05, 3.63) is 151 Å². The first-order valence-electron chi connectivity index (χ1n) is 23.2. The zero-order chi connectivity index (χ0) is 41.1. The molecule has 2 aromatic carbocycles. The number of hydrogen-bond donors (Lipinski definition) is 0. The minimum Gasteiger partial charge on any atom is -0.309 e. The van der Waals surface area contributed by atoms with Crippen LogP contribution in [0.5, 0.6) is 0 Å². The van der Waals surface area contributed by atoms with E-state index in [1.54, 1.807) is 0 Å². The average molecular weight is 805 g/mol. The van der Waals surface area contributed by atoms with Crippen LogP contribution in [0.1, 0.15) is 141 Å². The zero-order valence-electron chi connectivity index (χ0n) is 35.2. The Morgan fingerprint density at radius 3 is 1.13 bits per heavy atom. The second-order valence-electron chi connectivity index (χ2n) is 18.2. The van der Waals surface area contributed by atoms with Crippen LogP contribution in [0.3, 0.4) is 0 Å². The second-order valence-corrected chi connectivity index (χ2v) is 18.2. The molecule has 0 amide bonds. The summed E-state index contributed by atoms with van der Waals surface area (Å²) in [5.41, 5.74) is 23.8. The van der Waals surface area contributed by atoms with E-state index in [9.17, 15) is 10.5 Å². The number of aryl methyl sites for hydroxylation is 1. The lowest BCUT2D eigenvalue weighted by Crippen LogP contribution is -2.21. The minimum absolute atomic E-state index is 0.441. The Labute approximate surface area is 363 Å². The Morgan fingerprint density at radius 2 is 0.726 bits per heavy atom. The number of para-hydroxylation sites is 1. The van der Waals surface area contributed by atoms with Crippen molar-refractivity contribution in [2.24, 2.45) is 0 Å². The van der Waals surface area contributed by atoms with E-state index in [0.29, 0.717) is 11.1 Å². The van der Waals surface area contributed by atoms with Gasteiger partial charge in [0.25, 0.3) is 0 Å². The van der Waals surface area contributed by atoms with Gasteiger partial charge in [-0.2, -0.15) is 10.5 Å². The molecule has 0 atom stereocenters. The van der Waals surface area contributed by atoms with E-state index in [1.165, 1.54) is 66.9 Å². The maximum Gasteiger partial charge on any atom is 0.103 e. The van der Waals surface area contributed by atoms with E-state index in [0.717, 1.165) is 148 Å². The Kier molecular flexibility index (Phi) is 8.05. The molecular formula is C56H48N6. The van der Waals surface area contributed by atoms with Crippen LogP contribution in [0, 0.1) is 22.7 Å². The summed E-state index contributed by atoms with van der Waals surface area (Å²) in [7, 11) is 0. The van der Waals surface area contributed by atoms with Gasteiger partial charge in [-0.1, -0.05) is 54.7 Å². The molecule has 0 aliphatic heterocycles. The summed E-state index contributed by atoms with van der Waals surface area (Å²) in [6, 6.07) is 14.6. The van der Waals surface area contributed by atoms with Crippen molar-refractivity contribution in [1.82, 2.24) is 18.3 Å². The van der Waals surface area contributed by atoms with E-state index in [-0.39, 0.29) is 0 Å². The zero-order valence-corrected chi connectivity index (χ0v) is 35.2. The molecule has 7 aliphatic rings. The van der Waals surface area contributed by atoms with Crippen LogP contribution in [0.25, 0.3) is 70.1 Å². The van der Waals surface area contributed by atoms with Crippen LogP contribution >= 0.6 is 0 Å². The summed E-state index contributed by atoms with van der Waals surface area (Å²) in [4.78, 5) is 0. The summed E-state index contributed by atoms with van der Waals surface area (Å²) in [5, 5.41) is 25.3. The van der Waals surface area contributed by atoms with Crippen molar-refractivity contribution in [3.8, 4) is 34.9 Å².